The Labute approximate surface area is 174 Å². The van der Waals surface area contributed by atoms with Gasteiger partial charge < -0.3 is 14.7 Å². The van der Waals surface area contributed by atoms with E-state index in [4.69, 9.17) is 4.74 Å². The van der Waals surface area contributed by atoms with E-state index >= 15 is 0 Å². The number of nitrogens with zero attached hydrogens (tertiary/aromatic N) is 1. The molecule has 5 heteroatoms. The Bertz CT molecular complexity index is 1040. The highest BCUT2D eigenvalue weighted by Gasteiger charge is 2.20. The van der Waals surface area contributed by atoms with E-state index in [2.05, 4.69) is 34.5 Å². The van der Waals surface area contributed by atoms with Crippen molar-refractivity contribution in [2.24, 2.45) is 0 Å². The molecular weight excluding hydrogens is 382 g/mol. The molecule has 0 spiro atoms. The summed E-state index contributed by atoms with van der Waals surface area (Å²) >= 11 is 1.72. The van der Waals surface area contributed by atoms with E-state index in [-0.39, 0.29) is 0 Å². The van der Waals surface area contributed by atoms with Gasteiger partial charge in [0, 0.05) is 28.2 Å². The second kappa shape index (κ2) is 8.53. The smallest absolute Gasteiger partial charge is 0.331 e. The van der Waals surface area contributed by atoms with Crippen LogP contribution in [-0.4, -0.2) is 24.2 Å². The summed E-state index contributed by atoms with van der Waals surface area (Å²) in [5, 5.41) is 11.7. The van der Waals surface area contributed by atoms with Crippen LogP contribution in [-0.2, 0) is 11.3 Å². The number of fused-ring (bicyclic) bond motifs is 1. The molecule has 1 N–H and O–H groups in total. The van der Waals surface area contributed by atoms with Gasteiger partial charge >= 0.3 is 5.97 Å². The zero-order valence-electron chi connectivity index (χ0n) is 16.3. The van der Waals surface area contributed by atoms with Crippen LogP contribution in [0.15, 0.2) is 65.6 Å². The fraction of sp³-hybridized carbons (Fsp3) is 0.208. The third kappa shape index (κ3) is 4.20. The number of carboxylic acids is 1. The lowest BCUT2D eigenvalue weighted by atomic mass is 9.99. The number of hydrogen-bond donors (Lipinski definition) is 1. The van der Waals surface area contributed by atoms with E-state index < -0.39 is 5.97 Å². The maximum absolute atomic E-state index is 11.7. The second-order valence-electron chi connectivity index (χ2n) is 6.93. The summed E-state index contributed by atoms with van der Waals surface area (Å²) in [4.78, 5) is 15.3. The van der Waals surface area contributed by atoms with E-state index in [1.165, 1.54) is 4.88 Å². The Morgan fingerprint density at radius 2 is 2.03 bits per heavy atom. The molecule has 3 aromatic rings. The van der Waals surface area contributed by atoms with E-state index in [0.29, 0.717) is 25.1 Å². The molecule has 0 aliphatic carbocycles. The van der Waals surface area contributed by atoms with Gasteiger partial charge in [0.15, 0.2) is 0 Å². The first-order chi connectivity index (χ1) is 14.2. The van der Waals surface area contributed by atoms with Crippen LogP contribution in [0.5, 0.6) is 5.75 Å². The molecule has 1 aromatic heterocycles. The second-order valence-corrected chi connectivity index (χ2v) is 7.96. The Morgan fingerprint density at radius 3 is 2.79 bits per heavy atom. The predicted octanol–water partition coefficient (Wildman–Crippen LogP) is 5.69. The predicted molar refractivity (Wildman–Crippen MR) is 119 cm³/mol. The van der Waals surface area contributed by atoms with Crippen molar-refractivity contribution in [2.45, 2.75) is 19.9 Å². The van der Waals surface area contributed by atoms with Gasteiger partial charge in [0.05, 0.1) is 13.2 Å². The third-order valence-electron chi connectivity index (χ3n) is 5.05. The first-order valence-electron chi connectivity index (χ1n) is 9.73. The standard InChI is InChI=1S/C24H23NO3S/c1-2-28-23-8-4-3-7-21(23)17-9-10-22-19(14-17)15-18(24(26)27)11-12-25(22)16-20-6-5-13-29-20/h3-10,13-15H,2,11-12,16H2,1H3,(H,26,27). The first-order valence-corrected chi connectivity index (χ1v) is 10.6. The molecule has 2 heterocycles. The highest BCUT2D eigenvalue weighted by Crippen LogP contribution is 2.36. The molecule has 0 saturated heterocycles. The number of aliphatic carboxylic acids is 1. The van der Waals surface area contributed by atoms with Gasteiger partial charge in [-0.15, -0.1) is 11.3 Å². The van der Waals surface area contributed by atoms with Crippen molar-refractivity contribution in [2.75, 3.05) is 18.1 Å². The third-order valence-corrected chi connectivity index (χ3v) is 5.91. The molecule has 4 rings (SSSR count). The summed E-state index contributed by atoms with van der Waals surface area (Å²) in [6.07, 6.45) is 2.33. The fourth-order valence-corrected chi connectivity index (χ4v) is 4.39. The number of benzene rings is 2. The number of carboxylic acid groups (broad SMARTS) is 1. The number of anilines is 1. The van der Waals surface area contributed by atoms with E-state index in [1.807, 2.05) is 43.3 Å². The lowest BCUT2D eigenvalue weighted by Gasteiger charge is -2.25. The van der Waals surface area contributed by atoms with Crippen LogP contribution in [0, 0.1) is 0 Å². The van der Waals surface area contributed by atoms with Gasteiger partial charge in [0.2, 0.25) is 0 Å². The summed E-state index contributed by atoms with van der Waals surface area (Å²) in [6.45, 7) is 4.02. The topological polar surface area (TPSA) is 49.8 Å². The molecule has 148 valence electrons. The fourth-order valence-electron chi connectivity index (χ4n) is 3.67. The number of thiophene rings is 1. The molecule has 0 radical (unpaired) electrons. The van der Waals surface area contributed by atoms with Gasteiger partial charge in [-0.25, -0.2) is 4.79 Å². The van der Waals surface area contributed by atoms with Gasteiger partial charge in [0.25, 0.3) is 0 Å². The Hall–Kier alpha value is -3.05. The van der Waals surface area contributed by atoms with Crippen LogP contribution in [0.4, 0.5) is 5.69 Å². The SMILES string of the molecule is CCOc1ccccc1-c1ccc2c(c1)C=C(C(=O)O)CCN2Cc1cccs1. The zero-order valence-corrected chi connectivity index (χ0v) is 17.1. The molecule has 2 aromatic carbocycles. The molecule has 0 saturated carbocycles. The van der Waals surface area contributed by atoms with Crippen molar-refractivity contribution in [1.82, 2.24) is 0 Å². The van der Waals surface area contributed by atoms with Crippen molar-refractivity contribution >= 4 is 29.1 Å². The first kappa shape index (κ1) is 19.3. The molecule has 0 amide bonds. The van der Waals surface area contributed by atoms with Crippen LogP contribution >= 0.6 is 11.3 Å². The number of carbonyl (C=O) groups is 1. The van der Waals surface area contributed by atoms with Crippen molar-refractivity contribution < 1.29 is 14.6 Å². The zero-order chi connectivity index (χ0) is 20.2. The molecule has 4 nitrogen and oxygen atoms in total. The molecule has 0 bridgehead atoms. The minimum Gasteiger partial charge on any atom is -0.493 e. The minimum atomic E-state index is -0.853. The lowest BCUT2D eigenvalue weighted by molar-refractivity contribution is -0.132. The monoisotopic (exact) mass is 405 g/mol. The highest BCUT2D eigenvalue weighted by atomic mass is 32.1. The molecule has 0 fully saturated rings. The molecule has 1 aliphatic rings. The number of para-hydroxylation sites is 1. The average Bonchev–Trinajstić information content (AvgIpc) is 3.16. The van der Waals surface area contributed by atoms with Gasteiger partial charge in [0.1, 0.15) is 5.75 Å². The van der Waals surface area contributed by atoms with Gasteiger partial charge in [-0.2, -0.15) is 0 Å². The van der Waals surface area contributed by atoms with Crippen LogP contribution < -0.4 is 9.64 Å². The Morgan fingerprint density at radius 1 is 1.17 bits per heavy atom. The van der Waals surface area contributed by atoms with Crippen molar-refractivity contribution in [3.63, 3.8) is 0 Å². The minimum absolute atomic E-state index is 0.440. The van der Waals surface area contributed by atoms with Gasteiger partial charge in [-0.05, 0) is 60.2 Å². The summed E-state index contributed by atoms with van der Waals surface area (Å²) < 4.78 is 5.79. The normalized spacial score (nSPS) is 13.4. The largest absolute Gasteiger partial charge is 0.493 e. The number of hydrogen-bond acceptors (Lipinski definition) is 4. The van der Waals surface area contributed by atoms with E-state index in [9.17, 15) is 9.90 Å². The van der Waals surface area contributed by atoms with Crippen LogP contribution in [0.2, 0.25) is 0 Å². The van der Waals surface area contributed by atoms with E-state index in [0.717, 1.165) is 34.7 Å². The molecule has 0 atom stereocenters. The summed E-state index contributed by atoms with van der Waals surface area (Å²) in [5.41, 5.74) is 4.46. The maximum atomic E-state index is 11.7. The quantitative estimate of drug-likeness (QED) is 0.572. The molecule has 0 unspecified atom stereocenters. The van der Waals surface area contributed by atoms with Gasteiger partial charge in [-0.1, -0.05) is 30.3 Å². The summed E-state index contributed by atoms with van der Waals surface area (Å²) in [7, 11) is 0. The molecule has 1 aliphatic heterocycles. The van der Waals surface area contributed by atoms with Crippen LogP contribution in [0.25, 0.3) is 17.2 Å². The van der Waals surface area contributed by atoms with Crippen LogP contribution in [0.3, 0.4) is 0 Å². The number of rotatable bonds is 6. The highest BCUT2D eigenvalue weighted by molar-refractivity contribution is 7.09. The Balaban J connectivity index is 1.78. The lowest BCUT2D eigenvalue weighted by Crippen LogP contribution is -2.24. The van der Waals surface area contributed by atoms with Crippen molar-refractivity contribution in [3.8, 4) is 16.9 Å². The molecular formula is C24H23NO3S. The average molecular weight is 406 g/mol. The Kier molecular flexibility index (Phi) is 5.67. The maximum Gasteiger partial charge on any atom is 0.331 e. The van der Waals surface area contributed by atoms with Crippen molar-refractivity contribution in [3.05, 3.63) is 76.0 Å². The molecule has 29 heavy (non-hydrogen) atoms. The number of ether oxygens (including phenoxy) is 1. The van der Waals surface area contributed by atoms with Gasteiger partial charge in [-0.3, -0.25) is 0 Å². The summed E-state index contributed by atoms with van der Waals surface area (Å²) in [5.74, 6) is -0.0181. The summed E-state index contributed by atoms with van der Waals surface area (Å²) in [6, 6.07) is 18.4. The van der Waals surface area contributed by atoms with E-state index in [1.54, 1.807) is 11.3 Å². The van der Waals surface area contributed by atoms with Crippen molar-refractivity contribution in [1.29, 1.82) is 0 Å². The van der Waals surface area contributed by atoms with Crippen LogP contribution in [0.1, 0.15) is 23.8 Å².